The molecule has 1 amide bonds. The van der Waals surface area contributed by atoms with Crippen LogP contribution in [0.3, 0.4) is 0 Å². The fourth-order valence-corrected chi connectivity index (χ4v) is 1.45. The maximum atomic E-state index is 12.0. The van der Waals surface area contributed by atoms with Gasteiger partial charge < -0.3 is 4.90 Å². The van der Waals surface area contributed by atoms with Crippen LogP contribution in [-0.2, 0) is 4.79 Å². The molecule has 0 aliphatic carbocycles. The van der Waals surface area contributed by atoms with Crippen molar-refractivity contribution < 1.29 is 9.59 Å². The highest BCUT2D eigenvalue weighted by Gasteiger charge is 2.20. The Morgan fingerprint density at radius 2 is 2.19 bits per heavy atom. The van der Waals surface area contributed by atoms with Crippen LogP contribution in [0.1, 0.15) is 37.3 Å². The topological polar surface area (TPSA) is 68.1 Å². The number of amides is 1. The Bertz CT molecular complexity index is 371. The SMILES string of the molecule is CCN(CC)C(=O)C(C)n1cc(C=O)nn1. The quantitative estimate of drug-likeness (QED) is 0.684. The molecule has 1 aromatic rings. The van der Waals surface area contributed by atoms with Crippen molar-refractivity contribution in [2.24, 2.45) is 0 Å². The summed E-state index contributed by atoms with van der Waals surface area (Å²) in [5.74, 6) is -0.0210. The van der Waals surface area contributed by atoms with E-state index < -0.39 is 6.04 Å². The van der Waals surface area contributed by atoms with Crippen LogP contribution in [0.2, 0.25) is 0 Å². The molecule has 16 heavy (non-hydrogen) atoms. The summed E-state index contributed by atoms with van der Waals surface area (Å²) in [6.45, 7) is 6.91. The van der Waals surface area contributed by atoms with Gasteiger partial charge in [-0.25, -0.2) is 4.68 Å². The number of hydrogen-bond donors (Lipinski definition) is 0. The Morgan fingerprint density at radius 3 is 2.62 bits per heavy atom. The molecule has 0 spiro atoms. The van der Waals surface area contributed by atoms with Crippen LogP contribution in [0.4, 0.5) is 0 Å². The van der Waals surface area contributed by atoms with Gasteiger partial charge in [0.25, 0.3) is 0 Å². The summed E-state index contributed by atoms with van der Waals surface area (Å²) in [7, 11) is 0. The van der Waals surface area contributed by atoms with Gasteiger partial charge in [-0.3, -0.25) is 9.59 Å². The van der Waals surface area contributed by atoms with E-state index in [1.807, 2.05) is 13.8 Å². The van der Waals surface area contributed by atoms with Crippen molar-refractivity contribution in [1.82, 2.24) is 19.9 Å². The third kappa shape index (κ3) is 2.44. The molecule has 1 atom stereocenters. The number of aromatic nitrogens is 3. The number of rotatable bonds is 5. The second-order valence-corrected chi connectivity index (χ2v) is 3.43. The molecule has 0 aliphatic heterocycles. The third-order valence-electron chi connectivity index (χ3n) is 2.48. The van der Waals surface area contributed by atoms with Crippen molar-refractivity contribution in [1.29, 1.82) is 0 Å². The van der Waals surface area contributed by atoms with E-state index in [1.165, 1.54) is 10.9 Å². The molecular weight excluding hydrogens is 208 g/mol. The average Bonchev–Trinajstić information content (AvgIpc) is 2.78. The summed E-state index contributed by atoms with van der Waals surface area (Å²) in [5.41, 5.74) is 0.235. The zero-order valence-corrected chi connectivity index (χ0v) is 9.75. The van der Waals surface area contributed by atoms with Gasteiger partial charge in [0, 0.05) is 13.1 Å². The molecule has 0 bridgehead atoms. The largest absolute Gasteiger partial charge is 0.341 e. The first kappa shape index (κ1) is 12.4. The normalized spacial score (nSPS) is 12.2. The van der Waals surface area contributed by atoms with E-state index in [0.717, 1.165) is 0 Å². The molecule has 6 nitrogen and oxygen atoms in total. The zero-order valence-electron chi connectivity index (χ0n) is 9.75. The lowest BCUT2D eigenvalue weighted by Gasteiger charge is -2.22. The maximum absolute atomic E-state index is 12.0. The molecule has 0 saturated heterocycles. The monoisotopic (exact) mass is 224 g/mol. The molecule has 0 fully saturated rings. The van der Waals surface area contributed by atoms with Crippen molar-refractivity contribution in [3.05, 3.63) is 11.9 Å². The molecular formula is C10H16N4O2. The van der Waals surface area contributed by atoms with Gasteiger partial charge in [-0.2, -0.15) is 0 Å². The number of likely N-dealkylation sites (N-methyl/N-ethyl adjacent to an activating group) is 1. The lowest BCUT2D eigenvalue weighted by atomic mass is 10.3. The number of aldehydes is 1. The molecule has 1 rings (SSSR count). The molecule has 88 valence electrons. The summed E-state index contributed by atoms with van der Waals surface area (Å²) in [6, 6.07) is -0.430. The second kappa shape index (κ2) is 5.39. The molecule has 0 N–H and O–H groups in total. The van der Waals surface area contributed by atoms with E-state index in [4.69, 9.17) is 0 Å². The van der Waals surface area contributed by atoms with Crippen LogP contribution in [0.5, 0.6) is 0 Å². The fourth-order valence-electron chi connectivity index (χ4n) is 1.45. The van der Waals surface area contributed by atoms with E-state index in [0.29, 0.717) is 19.4 Å². The Hall–Kier alpha value is -1.72. The van der Waals surface area contributed by atoms with Gasteiger partial charge in [-0.05, 0) is 20.8 Å². The van der Waals surface area contributed by atoms with E-state index in [9.17, 15) is 9.59 Å². The van der Waals surface area contributed by atoms with Crippen LogP contribution >= 0.6 is 0 Å². The second-order valence-electron chi connectivity index (χ2n) is 3.43. The number of carbonyl (C=O) groups excluding carboxylic acids is 2. The molecule has 1 unspecified atom stereocenters. The third-order valence-corrected chi connectivity index (χ3v) is 2.48. The molecule has 1 aromatic heterocycles. The van der Waals surface area contributed by atoms with Crippen LogP contribution in [0.25, 0.3) is 0 Å². The van der Waals surface area contributed by atoms with Gasteiger partial charge >= 0.3 is 0 Å². The van der Waals surface area contributed by atoms with Gasteiger partial charge in [0.2, 0.25) is 5.91 Å². The Kier molecular flexibility index (Phi) is 4.16. The van der Waals surface area contributed by atoms with Crippen molar-refractivity contribution >= 4 is 12.2 Å². The molecule has 0 aliphatic rings. The van der Waals surface area contributed by atoms with Gasteiger partial charge in [0.05, 0.1) is 6.20 Å². The van der Waals surface area contributed by atoms with Crippen molar-refractivity contribution in [2.45, 2.75) is 26.8 Å². The maximum Gasteiger partial charge on any atom is 0.247 e. The van der Waals surface area contributed by atoms with Gasteiger partial charge in [-0.1, -0.05) is 5.21 Å². The first-order valence-electron chi connectivity index (χ1n) is 5.29. The molecule has 0 saturated carbocycles. The van der Waals surface area contributed by atoms with E-state index in [-0.39, 0.29) is 11.6 Å². The Morgan fingerprint density at radius 1 is 1.56 bits per heavy atom. The standard InChI is InChI=1S/C10H16N4O2/c1-4-13(5-2)10(16)8(3)14-6-9(7-15)11-12-14/h6-8H,4-5H2,1-3H3. The van der Waals surface area contributed by atoms with Gasteiger partial charge in [0.15, 0.2) is 6.29 Å². The summed E-state index contributed by atoms with van der Waals surface area (Å²) < 4.78 is 1.41. The van der Waals surface area contributed by atoms with E-state index in [1.54, 1.807) is 11.8 Å². The highest BCUT2D eigenvalue weighted by Crippen LogP contribution is 2.08. The van der Waals surface area contributed by atoms with Crippen molar-refractivity contribution in [3.63, 3.8) is 0 Å². The number of carbonyl (C=O) groups is 2. The minimum absolute atomic E-state index is 0.0210. The lowest BCUT2D eigenvalue weighted by molar-refractivity contribution is -0.134. The Labute approximate surface area is 94.2 Å². The number of hydrogen-bond acceptors (Lipinski definition) is 4. The van der Waals surface area contributed by atoms with Gasteiger partial charge in [0.1, 0.15) is 11.7 Å². The summed E-state index contributed by atoms with van der Waals surface area (Å²) in [5, 5.41) is 7.37. The van der Waals surface area contributed by atoms with E-state index >= 15 is 0 Å². The average molecular weight is 224 g/mol. The molecule has 0 radical (unpaired) electrons. The van der Waals surface area contributed by atoms with Crippen LogP contribution in [0.15, 0.2) is 6.20 Å². The smallest absolute Gasteiger partial charge is 0.247 e. The predicted molar refractivity (Wildman–Crippen MR) is 58.0 cm³/mol. The van der Waals surface area contributed by atoms with Crippen LogP contribution < -0.4 is 0 Å². The molecule has 6 heteroatoms. The first-order chi connectivity index (χ1) is 7.63. The summed E-state index contributed by atoms with van der Waals surface area (Å²) in [6.07, 6.45) is 2.08. The summed E-state index contributed by atoms with van der Waals surface area (Å²) in [4.78, 5) is 24.1. The highest BCUT2D eigenvalue weighted by atomic mass is 16.2. The minimum Gasteiger partial charge on any atom is -0.341 e. The minimum atomic E-state index is -0.430. The predicted octanol–water partition coefficient (Wildman–Crippen LogP) is 0.520. The van der Waals surface area contributed by atoms with Crippen LogP contribution in [-0.4, -0.2) is 45.2 Å². The van der Waals surface area contributed by atoms with Crippen molar-refractivity contribution in [3.8, 4) is 0 Å². The number of nitrogens with zero attached hydrogens (tertiary/aromatic N) is 4. The molecule has 0 aromatic carbocycles. The first-order valence-corrected chi connectivity index (χ1v) is 5.29. The molecule has 1 heterocycles. The highest BCUT2D eigenvalue weighted by molar-refractivity contribution is 5.80. The zero-order chi connectivity index (χ0) is 12.1. The summed E-state index contributed by atoms with van der Waals surface area (Å²) >= 11 is 0. The van der Waals surface area contributed by atoms with Crippen molar-refractivity contribution in [2.75, 3.05) is 13.1 Å². The fraction of sp³-hybridized carbons (Fsp3) is 0.600. The van der Waals surface area contributed by atoms with Crippen LogP contribution in [0, 0.1) is 0 Å². The van der Waals surface area contributed by atoms with Gasteiger partial charge in [-0.15, -0.1) is 5.10 Å². The lowest BCUT2D eigenvalue weighted by Crippen LogP contribution is -2.36. The Balaban J connectivity index is 2.80. The van der Waals surface area contributed by atoms with E-state index in [2.05, 4.69) is 10.3 Å².